The number of carboxylic acid groups (broad SMARTS) is 1. The molecule has 0 unspecified atom stereocenters. The maximum Gasteiger partial charge on any atom is 0.345 e. The molecule has 84 valence electrons. The van der Waals surface area contributed by atoms with Crippen molar-refractivity contribution >= 4 is 29.1 Å². The summed E-state index contributed by atoms with van der Waals surface area (Å²) in [5.41, 5.74) is 0.213. The van der Waals surface area contributed by atoms with Crippen LogP contribution in [0.4, 0.5) is 0 Å². The molecule has 1 aliphatic carbocycles. The summed E-state index contributed by atoms with van der Waals surface area (Å²) in [6.07, 6.45) is 2.88. The van der Waals surface area contributed by atoms with Gasteiger partial charge in [-0.25, -0.2) is 4.79 Å². The smallest absolute Gasteiger partial charge is 0.345 e. The van der Waals surface area contributed by atoms with Crippen molar-refractivity contribution in [3.8, 4) is 6.07 Å². The normalized spacial score (nSPS) is 16.7. The summed E-state index contributed by atoms with van der Waals surface area (Å²) in [5.74, 6) is 0.0612. The second-order valence-electron chi connectivity index (χ2n) is 4.08. The monoisotopic (exact) mass is 253 g/mol. The first-order valence-corrected chi connectivity index (χ1v) is 6.83. The van der Waals surface area contributed by atoms with E-state index in [2.05, 4.69) is 6.07 Å². The molecule has 3 nitrogen and oxygen atoms in total. The lowest BCUT2D eigenvalue weighted by Crippen LogP contribution is -2.01. The fraction of sp³-hybridized carbons (Fsp3) is 0.455. The van der Waals surface area contributed by atoms with E-state index in [1.165, 1.54) is 11.3 Å². The van der Waals surface area contributed by atoms with Crippen molar-refractivity contribution < 1.29 is 9.90 Å². The Kier molecular flexibility index (Phi) is 3.22. The van der Waals surface area contributed by atoms with E-state index in [9.17, 15) is 4.79 Å². The number of nitrogens with zero attached hydrogens (tertiary/aromatic N) is 1. The topological polar surface area (TPSA) is 61.1 Å². The van der Waals surface area contributed by atoms with Crippen molar-refractivity contribution in [3.05, 3.63) is 16.3 Å². The van der Waals surface area contributed by atoms with E-state index < -0.39 is 5.97 Å². The van der Waals surface area contributed by atoms with Gasteiger partial charge in [-0.15, -0.1) is 23.1 Å². The lowest BCUT2D eigenvalue weighted by Gasteiger charge is -2.08. The van der Waals surface area contributed by atoms with Gasteiger partial charge in [0.25, 0.3) is 0 Å². The highest BCUT2D eigenvalue weighted by Gasteiger charge is 2.42. The molecule has 1 fully saturated rings. The second-order valence-corrected chi connectivity index (χ2v) is 6.04. The maximum absolute atomic E-state index is 10.7. The number of hydrogen-bond donors (Lipinski definition) is 1. The quantitative estimate of drug-likeness (QED) is 0.818. The molecule has 1 N–H and O–H groups in total. The Morgan fingerprint density at radius 3 is 2.94 bits per heavy atom. The fourth-order valence-corrected chi connectivity index (χ4v) is 3.62. The van der Waals surface area contributed by atoms with Gasteiger partial charge >= 0.3 is 5.97 Å². The van der Waals surface area contributed by atoms with Gasteiger partial charge in [0.15, 0.2) is 0 Å². The molecule has 0 aliphatic heterocycles. The lowest BCUT2D eigenvalue weighted by molar-refractivity contribution is 0.0702. The van der Waals surface area contributed by atoms with Gasteiger partial charge in [-0.2, -0.15) is 5.26 Å². The molecule has 16 heavy (non-hydrogen) atoms. The highest BCUT2D eigenvalue weighted by molar-refractivity contribution is 7.99. The van der Waals surface area contributed by atoms with Crippen molar-refractivity contribution in [1.82, 2.24) is 0 Å². The highest BCUT2D eigenvalue weighted by Crippen LogP contribution is 2.51. The number of carboxylic acids is 1. The first-order valence-electron chi connectivity index (χ1n) is 4.97. The molecule has 0 saturated heterocycles. The minimum absolute atomic E-state index is 0.213. The molecule has 0 atom stereocenters. The van der Waals surface area contributed by atoms with E-state index in [-0.39, 0.29) is 5.41 Å². The summed E-state index contributed by atoms with van der Waals surface area (Å²) < 4.78 is 0. The minimum Gasteiger partial charge on any atom is -0.477 e. The zero-order valence-corrected chi connectivity index (χ0v) is 10.2. The van der Waals surface area contributed by atoms with Gasteiger partial charge in [0, 0.05) is 22.4 Å². The van der Waals surface area contributed by atoms with Gasteiger partial charge in [0.05, 0.1) is 6.07 Å². The van der Waals surface area contributed by atoms with Gasteiger partial charge in [0.1, 0.15) is 4.88 Å². The predicted octanol–water partition coefficient (Wildman–Crippen LogP) is 3.23. The van der Waals surface area contributed by atoms with Crippen LogP contribution in [-0.2, 0) is 0 Å². The molecule has 1 aromatic rings. The molecule has 2 rings (SSSR count). The zero-order valence-electron chi connectivity index (χ0n) is 8.60. The van der Waals surface area contributed by atoms with Crippen LogP contribution in [0.3, 0.4) is 0 Å². The van der Waals surface area contributed by atoms with E-state index in [0.717, 1.165) is 23.5 Å². The maximum atomic E-state index is 10.7. The Morgan fingerprint density at radius 2 is 2.44 bits per heavy atom. The molecule has 5 heteroatoms. The van der Waals surface area contributed by atoms with Crippen LogP contribution in [0.25, 0.3) is 0 Å². The van der Waals surface area contributed by atoms with E-state index >= 15 is 0 Å². The number of aromatic carboxylic acids is 1. The van der Waals surface area contributed by atoms with Crippen LogP contribution in [0.1, 0.15) is 28.9 Å². The van der Waals surface area contributed by atoms with Crippen LogP contribution < -0.4 is 0 Å². The number of thiophene rings is 1. The Balaban J connectivity index is 1.90. The standard InChI is InChI=1S/C11H11NO2S2/c12-4-3-11(1-2-11)7-16-8-5-9(10(13)14)15-6-8/h5-6H,1-3,7H2,(H,13,14). The molecule has 0 amide bonds. The summed E-state index contributed by atoms with van der Waals surface area (Å²) in [4.78, 5) is 12.1. The molecule has 1 aliphatic rings. The lowest BCUT2D eigenvalue weighted by atomic mass is 10.1. The van der Waals surface area contributed by atoms with E-state index in [1.54, 1.807) is 17.8 Å². The van der Waals surface area contributed by atoms with Crippen LogP contribution in [0, 0.1) is 16.7 Å². The Morgan fingerprint density at radius 1 is 1.69 bits per heavy atom. The van der Waals surface area contributed by atoms with Crippen molar-refractivity contribution in [2.45, 2.75) is 24.2 Å². The van der Waals surface area contributed by atoms with Crippen molar-refractivity contribution in [2.24, 2.45) is 5.41 Å². The van der Waals surface area contributed by atoms with Gasteiger partial charge in [-0.05, 0) is 24.3 Å². The molecule has 0 spiro atoms. The third-order valence-corrected chi connectivity index (χ3v) is 5.14. The molecule has 1 aromatic heterocycles. The van der Waals surface area contributed by atoms with Crippen LogP contribution in [0.2, 0.25) is 0 Å². The Bertz CT molecular complexity index is 443. The first-order chi connectivity index (χ1) is 7.65. The molecule has 0 radical (unpaired) electrons. The summed E-state index contributed by atoms with van der Waals surface area (Å²) >= 11 is 2.92. The van der Waals surface area contributed by atoms with Crippen molar-refractivity contribution in [1.29, 1.82) is 5.26 Å². The Labute approximate surface area is 102 Å². The predicted molar refractivity (Wildman–Crippen MR) is 63.9 cm³/mol. The Hall–Kier alpha value is -0.990. The molecular formula is C11H11NO2S2. The summed E-state index contributed by atoms with van der Waals surface area (Å²) in [6, 6.07) is 3.93. The molecular weight excluding hydrogens is 242 g/mol. The number of rotatable bonds is 5. The highest BCUT2D eigenvalue weighted by atomic mass is 32.2. The van der Waals surface area contributed by atoms with E-state index in [4.69, 9.17) is 10.4 Å². The van der Waals surface area contributed by atoms with Gasteiger partial charge in [-0.3, -0.25) is 0 Å². The van der Waals surface area contributed by atoms with Gasteiger partial charge < -0.3 is 5.11 Å². The largest absolute Gasteiger partial charge is 0.477 e. The van der Waals surface area contributed by atoms with Crippen LogP contribution in [-0.4, -0.2) is 16.8 Å². The van der Waals surface area contributed by atoms with Gasteiger partial charge in [-0.1, -0.05) is 0 Å². The van der Waals surface area contributed by atoms with E-state index in [1.807, 2.05) is 5.38 Å². The average molecular weight is 253 g/mol. The van der Waals surface area contributed by atoms with Crippen LogP contribution >= 0.6 is 23.1 Å². The average Bonchev–Trinajstić information content (AvgIpc) is 2.84. The number of thioether (sulfide) groups is 1. The molecule has 1 saturated carbocycles. The SMILES string of the molecule is N#CCC1(CSc2csc(C(=O)O)c2)CC1. The molecule has 1 heterocycles. The third kappa shape index (κ3) is 2.57. The van der Waals surface area contributed by atoms with Crippen LogP contribution in [0.5, 0.6) is 0 Å². The summed E-state index contributed by atoms with van der Waals surface area (Å²) in [5, 5.41) is 19.3. The van der Waals surface area contributed by atoms with Crippen molar-refractivity contribution in [2.75, 3.05) is 5.75 Å². The molecule has 0 bridgehead atoms. The molecule has 0 aromatic carbocycles. The third-order valence-electron chi connectivity index (χ3n) is 2.74. The van der Waals surface area contributed by atoms with Crippen LogP contribution in [0.15, 0.2) is 16.3 Å². The number of hydrogen-bond acceptors (Lipinski definition) is 4. The fourth-order valence-electron chi connectivity index (χ4n) is 1.46. The summed E-state index contributed by atoms with van der Waals surface area (Å²) in [7, 11) is 0. The number of carbonyl (C=O) groups is 1. The minimum atomic E-state index is -0.866. The zero-order chi connectivity index (χ0) is 11.6. The first kappa shape index (κ1) is 11.5. The second kappa shape index (κ2) is 4.48. The van der Waals surface area contributed by atoms with E-state index in [0.29, 0.717) is 11.3 Å². The number of nitriles is 1. The summed E-state index contributed by atoms with van der Waals surface area (Å²) in [6.45, 7) is 0. The van der Waals surface area contributed by atoms with Crippen molar-refractivity contribution in [3.63, 3.8) is 0 Å². The van der Waals surface area contributed by atoms with Gasteiger partial charge in [0.2, 0.25) is 0 Å².